The highest BCUT2D eigenvalue weighted by Crippen LogP contribution is 2.29. The second-order valence-corrected chi connectivity index (χ2v) is 7.35. The van der Waals surface area contributed by atoms with Gasteiger partial charge in [0.2, 0.25) is 5.82 Å². The van der Waals surface area contributed by atoms with Crippen LogP contribution in [-0.4, -0.2) is 16.2 Å². The summed E-state index contributed by atoms with van der Waals surface area (Å²) >= 11 is 0. The summed E-state index contributed by atoms with van der Waals surface area (Å²) < 4.78 is 0. The highest BCUT2D eigenvalue weighted by atomic mass is 15.2. The third kappa shape index (κ3) is 5.32. The summed E-state index contributed by atoms with van der Waals surface area (Å²) in [6.45, 7) is 2.22. The highest BCUT2D eigenvalue weighted by molar-refractivity contribution is 5.89. The maximum absolute atomic E-state index is 4.64. The number of hydrogen-bond acceptors (Lipinski definition) is 4. The molecule has 4 nitrogen and oxygen atoms in total. The molecule has 1 fully saturated rings. The first kappa shape index (κ1) is 18.0. The molecule has 0 spiro atoms. The monoisotopic (exact) mass is 338 g/mol. The lowest BCUT2D eigenvalue weighted by atomic mass is 9.85. The zero-order valence-corrected chi connectivity index (χ0v) is 15.4. The zero-order chi connectivity index (χ0) is 17.3. The SMILES string of the molecule is CCCC(CCCC1CCCCC1)N=Nc1nncc2ccccc12. The van der Waals surface area contributed by atoms with Gasteiger partial charge in [-0.2, -0.15) is 10.2 Å². The van der Waals surface area contributed by atoms with Crippen LogP contribution in [0.3, 0.4) is 0 Å². The molecule has 1 aliphatic rings. The van der Waals surface area contributed by atoms with Crippen molar-refractivity contribution in [1.82, 2.24) is 10.2 Å². The van der Waals surface area contributed by atoms with E-state index in [2.05, 4.69) is 27.3 Å². The van der Waals surface area contributed by atoms with Gasteiger partial charge in [0.1, 0.15) is 0 Å². The molecule has 1 atom stereocenters. The number of aromatic nitrogens is 2. The molecule has 0 N–H and O–H groups in total. The summed E-state index contributed by atoms with van der Waals surface area (Å²) in [5.41, 5.74) is 0. The first-order valence-electron chi connectivity index (χ1n) is 9.98. The van der Waals surface area contributed by atoms with Gasteiger partial charge in [0.05, 0.1) is 12.2 Å². The van der Waals surface area contributed by atoms with Crippen LogP contribution in [0.2, 0.25) is 0 Å². The number of azo groups is 1. The molecule has 0 amide bonds. The minimum absolute atomic E-state index is 0.314. The highest BCUT2D eigenvalue weighted by Gasteiger charge is 2.14. The van der Waals surface area contributed by atoms with E-state index in [1.165, 1.54) is 44.9 Å². The van der Waals surface area contributed by atoms with E-state index < -0.39 is 0 Å². The van der Waals surface area contributed by atoms with Gasteiger partial charge in [-0.3, -0.25) is 0 Å². The molecule has 0 saturated heterocycles. The molecule has 1 aromatic carbocycles. The van der Waals surface area contributed by atoms with Crippen LogP contribution in [0.5, 0.6) is 0 Å². The van der Waals surface area contributed by atoms with Crippen LogP contribution in [0.4, 0.5) is 5.82 Å². The summed E-state index contributed by atoms with van der Waals surface area (Å²) in [4.78, 5) is 0. The van der Waals surface area contributed by atoms with Crippen LogP contribution in [0.15, 0.2) is 40.7 Å². The van der Waals surface area contributed by atoms with Crippen LogP contribution in [-0.2, 0) is 0 Å². The number of nitrogens with zero attached hydrogens (tertiary/aromatic N) is 4. The summed E-state index contributed by atoms with van der Waals surface area (Å²) in [5, 5.41) is 19.4. The fraction of sp³-hybridized carbons (Fsp3) is 0.619. The van der Waals surface area contributed by atoms with Gasteiger partial charge >= 0.3 is 0 Å². The fourth-order valence-electron chi connectivity index (χ4n) is 3.93. The van der Waals surface area contributed by atoms with Gasteiger partial charge in [0.15, 0.2) is 0 Å². The minimum atomic E-state index is 0.314. The van der Waals surface area contributed by atoms with Gasteiger partial charge < -0.3 is 0 Å². The Bertz CT molecular complexity index is 671. The van der Waals surface area contributed by atoms with Crippen LogP contribution >= 0.6 is 0 Å². The molecule has 134 valence electrons. The molecular weight excluding hydrogens is 308 g/mol. The second kappa shape index (κ2) is 9.59. The molecule has 1 heterocycles. The molecule has 1 aliphatic carbocycles. The Morgan fingerprint density at radius 3 is 2.80 bits per heavy atom. The molecule has 0 aliphatic heterocycles. The summed E-state index contributed by atoms with van der Waals surface area (Å²) in [6.07, 6.45) is 15.0. The number of hydrogen-bond donors (Lipinski definition) is 0. The topological polar surface area (TPSA) is 50.5 Å². The Morgan fingerprint density at radius 1 is 1.12 bits per heavy atom. The second-order valence-electron chi connectivity index (χ2n) is 7.35. The van der Waals surface area contributed by atoms with Crippen molar-refractivity contribution in [3.63, 3.8) is 0 Å². The van der Waals surface area contributed by atoms with Gasteiger partial charge in [0.25, 0.3) is 0 Å². The maximum Gasteiger partial charge on any atom is 0.203 e. The van der Waals surface area contributed by atoms with Crippen LogP contribution in [0.25, 0.3) is 10.8 Å². The molecule has 1 saturated carbocycles. The number of rotatable bonds is 8. The predicted molar refractivity (Wildman–Crippen MR) is 103 cm³/mol. The largest absolute Gasteiger partial charge is 0.203 e. The van der Waals surface area contributed by atoms with Crippen molar-refractivity contribution in [3.8, 4) is 0 Å². The molecule has 2 aromatic rings. The first-order chi connectivity index (χ1) is 12.4. The van der Waals surface area contributed by atoms with E-state index in [1.54, 1.807) is 6.20 Å². The smallest absolute Gasteiger partial charge is 0.184 e. The number of fused-ring (bicyclic) bond motifs is 1. The normalized spacial score (nSPS) is 17.3. The van der Waals surface area contributed by atoms with Gasteiger partial charge in [0, 0.05) is 10.8 Å². The van der Waals surface area contributed by atoms with Crippen LogP contribution in [0.1, 0.15) is 71.1 Å². The van der Waals surface area contributed by atoms with Crippen molar-refractivity contribution in [2.75, 3.05) is 0 Å². The third-order valence-electron chi connectivity index (χ3n) is 5.36. The molecule has 0 bridgehead atoms. The number of benzene rings is 1. The van der Waals surface area contributed by atoms with E-state index in [1.807, 2.05) is 24.3 Å². The Hall–Kier alpha value is -1.84. The van der Waals surface area contributed by atoms with Gasteiger partial charge in [-0.05, 0) is 18.8 Å². The molecule has 25 heavy (non-hydrogen) atoms. The van der Waals surface area contributed by atoms with Crippen molar-refractivity contribution >= 4 is 16.6 Å². The average Bonchev–Trinajstić information content (AvgIpc) is 2.67. The maximum atomic E-state index is 4.64. The van der Waals surface area contributed by atoms with Crippen LogP contribution < -0.4 is 0 Å². The molecule has 1 unspecified atom stereocenters. The van der Waals surface area contributed by atoms with E-state index in [0.717, 1.165) is 36.0 Å². The van der Waals surface area contributed by atoms with Gasteiger partial charge in [-0.25, -0.2) is 0 Å². The Balaban J connectivity index is 1.59. The Labute approximate surface area is 151 Å². The van der Waals surface area contributed by atoms with Crippen molar-refractivity contribution in [2.24, 2.45) is 16.1 Å². The minimum Gasteiger partial charge on any atom is -0.184 e. The molecule has 0 radical (unpaired) electrons. The zero-order valence-electron chi connectivity index (χ0n) is 15.4. The quantitative estimate of drug-likeness (QED) is 0.507. The van der Waals surface area contributed by atoms with Crippen molar-refractivity contribution in [2.45, 2.75) is 77.2 Å². The summed E-state index contributed by atoms with van der Waals surface area (Å²) in [7, 11) is 0. The van der Waals surface area contributed by atoms with Gasteiger partial charge in [-0.1, -0.05) is 82.6 Å². The lowest BCUT2D eigenvalue weighted by Gasteiger charge is -2.21. The van der Waals surface area contributed by atoms with E-state index in [4.69, 9.17) is 0 Å². The lowest BCUT2D eigenvalue weighted by molar-refractivity contribution is 0.324. The molecule has 3 rings (SSSR count). The third-order valence-corrected chi connectivity index (χ3v) is 5.36. The predicted octanol–water partition coefficient (Wildman–Crippen LogP) is 6.63. The van der Waals surface area contributed by atoms with Crippen molar-refractivity contribution < 1.29 is 0 Å². The summed E-state index contributed by atoms with van der Waals surface area (Å²) in [6, 6.07) is 8.41. The van der Waals surface area contributed by atoms with E-state index in [0.29, 0.717) is 11.9 Å². The molecular formula is C21H30N4. The Kier molecular flexibility index (Phi) is 6.89. The van der Waals surface area contributed by atoms with Gasteiger partial charge in [-0.15, -0.1) is 10.2 Å². The van der Waals surface area contributed by atoms with E-state index in [-0.39, 0.29) is 0 Å². The Morgan fingerprint density at radius 2 is 1.96 bits per heavy atom. The van der Waals surface area contributed by atoms with Crippen molar-refractivity contribution in [3.05, 3.63) is 30.5 Å². The molecule has 1 aromatic heterocycles. The lowest BCUT2D eigenvalue weighted by Crippen LogP contribution is -2.08. The fourth-order valence-corrected chi connectivity index (χ4v) is 3.93. The van der Waals surface area contributed by atoms with E-state index >= 15 is 0 Å². The average molecular weight is 338 g/mol. The van der Waals surface area contributed by atoms with Crippen LogP contribution in [0, 0.1) is 5.92 Å². The van der Waals surface area contributed by atoms with Crippen molar-refractivity contribution in [1.29, 1.82) is 0 Å². The first-order valence-corrected chi connectivity index (χ1v) is 9.98. The van der Waals surface area contributed by atoms with E-state index in [9.17, 15) is 0 Å². The standard InChI is InChI=1S/C21H30N4/c1-2-9-19(14-8-12-17-10-4-3-5-11-17)23-25-21-20-15-7-6-13-18(20)16-22-24-21/h6-7,13,15-17,19H,2-5,8-12,14H2,1H3. The summed E-state index contributed by atoms with van der Waals surface area (Å²) in [5.74, 6) is 1.60. The molecule has 4 heteroatoms.